The fourth-order valence-corrected chi connectivity index (χ4v) is 4.12. The van der Waals surface area contributed by atoms with Crippen LogP contribution in [0.5, 0.6) is 0 Å². The lowest BCUT2D eigenvalue weighted by Crippen LogP contribution is -2.51. The smallest absolute Gasteiger partial charge is 0.227 e. The van der Waals surface area contributed by atoms with E-state index < -0.39 is 0 Å². The number of fused-ring (bicyclic) bond motifs is 1. The molecule has 3 rings (SSSR count). The summed E-state index contributed by atoms with van der Waals surface area (Å²) in [5.41, 5.74) is 0.320. The van der Waals surface area contributed by atoms with Crippen LogP contribution in [0, 0.1) is 16.7 Å². The van der Waals surface area contributed by atoms with Gasteiger partial charge in [0.25, 0.3) is 0 Å². The molecule has 0 aromatic rings. The second-order valence-electron chi connectivity index (χ2n) is 7.08. The van der Waals surface area contributed by atoms with Gasteiger partial charge in [-0.05, 0) is 43.6 Å². The van der Waals surface area contributed by atoms with Gasteiger partial charge in [0.2, 0.25) is 5.91 Å². The third-order valence-electron chi connectivity index (χ3n) is 5.73. The summed E-state index contributed by atoms with van der Waals surface area (Å²) >= 11 is 0. The van der Waals surface area contributed by atoms with E-state index in [1.54, 1.807) is 0 Å². The number of amides is 1. The monoisotopic (exact) mass is 250 g/mol. The van der Waals surface area contributed by atoms with Crippen LogP contribution in [0.1, 0.15) is 51.9 Å². The minimum Gasteiger partial charge on any atom is -0.355 e. The van der Waals surface area contributed by atoms with Crippen LogP contribution in [0.3, 0.4) is 0 Å². The molecule has 1 heterocycles. The highest BCUT2D eigenvalue weighted by Gasteiger charge is 2.50. The number of nitrogens with one attached hydrogen (secondary N) is 2. The summed E-state index contributed by atoms with van der Waals surface area (Å²) < 4.78 is 0. The summed E-state index contributed by atoms with van der Waals surface area (Å²) in [6.07, 6.45) is 8.75. The van der Waals surface area contributed by atoms with Crippen molar-refractivity contribution in [2.24, 2.45) is 16.7 Å². The van der Waals surface area contributed by atoms with E-state index in [0.29, 0.717) is 17.2 Å². The highest BCUT2D eigenvalue weighted by molar-refractivity contribution is 5.84. The van der Waals surface area contributed by atoms with Gasteiger partial charge in [0.05, 0.1) is 5.41 Å². The molecule has 1 aliphatic heterocycles. The molecule has 0 bridgehead atoms. The van der Waals surface area contributed by atoms with E-state index in [2.05, 4.69) is 17.6 Å². The first-order valence-electron chi connectivity index (χ1n) is 7.64. The summed E-state index contributed by atoms with van der Waals surface area (Å²) in [5.74, 6) is 0.922. The normalized spacial score (nSPS) is 37.7. The third-order valence-corrected chi connectivity index (χ3v) is 5.73. The van der Waals surface area contributed by atoms with Gasteiger partial charge >= 0.3 is 0 Å². The maximum absolute atomic E-state index is 12.6. The Hall–Kier alpha value is -0.570. The molecule has 0 aromatic heterocycles. The van der Waals surface area contributed by atoms with Gasteiger partial charge in [0.15, 0.2) is 0 Å². The van der Waals surface area contributed by atoms with Crippen LogP contribution in [0.4, 0.5) is 0 Å². The minimum absolute atomic E-state index is 0.0711. The Morgan fingerprint density at radius 1 is 1.28 bits per heavy atom. The predicted octanol–water partition coefficient (Wildman–Crippen LogP) is 2.07. The Balaban J connectivity index is 1.63. The van der Waals surface area contributed by atoms with Crippen LogP contribution in [0.2, 0.25) is 0 Å². The number of carbonyl (C=O) groups is 1. The Labute approximate surface area is 110 Å². The van der Waals surface area contributed by atoms with Crippen molar-refractivity contribution in [2.75, 3.05) is 19.6 Å². The largest absolute Gasteiger partial charge is 0.355 e. The SMILES string of the molecule is CC1(CNC(=O)[C@@]23CCCC[C@H]2CNC3)CCC1. The molecule has 1 saturated heterocycles. The molecule has 0 aromatic carbocycles. The average molecular weight is 250 g/mol. The van der Waals surface area contributed by atoms with E-state index >= 15 is 0 Å². The molecule has 0 radical (unpaired) electrons. The average Bonchev–Trinajstić information content (AvgIpc) is 2.78. The molecule has 0 spiro atoms. The van der Waals surface area contributed by atoms with Gasteiger partial charge in [0.1, 0.15) is 0 Å². The number of hydrogen-bond acceptors (Lipinski definition) is 2. The topological polar surface area (TPSA) is 41.1 Å². The van der Waals surface area contributed by atoms with E-state index in [1.807, 2.05) is 0 Å². The summed E-state index contributed by atoms with van der Waals surface area (Å²) in [5, 5.41) is 6.73. The van der Waals surface area contributed by atoms with Crippen molar-refractivity contribution in [1.82, 2.24) is 10.6 Å². The van der Waals surface area contributed by atoms with Crippen molar-refractivity contribution >= 4 is 5.91 Å². The molecule has 0 unspecified atom stereocenters. The summed E-state index contributed by atoms with van der Waals surface area (Å²) in [4.78, 5) is 12.6. The Morgan fingerprint density at radius 2 is 2.11 bits per heavy atom. The van der Waals surface area contributed by atoms with Crippen molar-refractivity contribution in [2.45, 2.75) is 51.9 Å². The first-order valence-corrected chi connectivity index (χ1v) is 7.64. The van der Waals surface area contributed by atoms with Gasteiger partial charge in [-0.1, -0.05) is 26.2 Å². The zero-order valence-corrected chi connectivity index (χ0v) is 11.6. The molecule has 2 atom stereocenters. The molecule has 3 aliphatic rings. The van der Waals surface area contributed by atoms with Crippen molar-refractivity contribution < 1.29 is 4.79 Å². The lowest BCUT2D eigenvalue weighted by molar-refractivity contribution is -0.134. The molecular weight excluding hydrogens is 224 g/mol. The van der Waals surface area contributed by atoms with Crippen LogP contribution >= 0.6 is 0 Å². The maximum Gasteiger partial charge on any atom is 0.227 e. The molecule has 2 N–H and O–H groups in total. The first-order chi connectivity index (χ1) is 8.65. The Morgan fingerprint density at radius 3 is 2.83 bits per heavy atom. The fourth-order valence-electron chi connectivity index (χ4n) is 4.12. The van der Waals surface area contributed by atoms with E-state index in [-0.39, 0.29) is 5.41 Å². The van der Waals surface area contributed by atoms with Gasteiger partial charge in [0, 0.05) is 13.1 Å². The Bertz CT molecular complexity index is 337. The lowest BCUT2D eigenvalue weighted by Gasteiger charge is -2.41. The van der Waals surface area contributed by atoms with E-state index in [0.717, 1.165) is 26.1 Å². The van der Waals surface area contributed by atoms with Crippen molar-refractivity contribution in [1.29, 1.82) is 0 Å². The van der Waals surface area contributed by atoms with E-state index in [9.17, 15) is 4.79 Å². The molecule has 102 valence electrons. The number of carbonyl (C=O) groups excluding carboxylic acids is 1. The second-order valence-corrected chi connectivity index (χ2v) is 7.08. The summed E-state index contributed by atoms with van der Waals surface area (Å²) in [6, 6.07) is 0. The van der Waals surface area contributed by atoms with Gasteiger partial charge in [-0.15, -0.1) is 0 Å². The van der Waals surface area contributed by atoms with Gasteiger partial charge < -0.3 is 10.6 Å². The molecule has 3 nitrogen and oxygen atoms in total. The molecular formula is C15H26N2O. The van der Waals surface area contributed by atoms with Crippen molar-refractivity contribution in [3.63, 3.8) is 0 Å². The van der Waals surface area contributed by atoms with Crippen LogP contribution < -0.4 is 10.6 Å². The zero-order valence-electron chi connectivity index (χ0n) is 11.6. The standard InChI is InChI=1S/C15H26N2O/c1-14(6-4-7-14)10-17-13(18)15-8-3-2-5-12(15)9-16-11-15/h12,16H,2-11H2,1H3,(H,17,18)/t12-,15+/m0/s1. The summed E-state index contributed by atoms with van der Waals surface area (Å²) in [6.45, 7) is 5.14. The van der Waals surface area contributed by atoms with Crippen molar-refractivity contribution in [3.8, 4) is 0 Å². The van der Waals surface area contributed by atoms with Crippen LogP contribution in [0.25, 0.3) is 0 Å². The number of hydrogen-bond donors (Lipinski definition) is 2. The second kappa shape index (κ2) is 4.52. The van der Waals surface area contributed by atoms with Crippen LogP contribution in [-0.2, 0) is 4.79 Å². The van der Waals surface area contributed by atoms with E-state index in [1.165, 1.54) is 38.5 Å². The van der Waals surface area contributed by atoms with Crippen LogP contribution in [0.15, 0.2) is 0 Å². The highest BCUT2D eigenvalue weighted by Crippen LogP contribution is 2.44. The Kier molecular flexibility index (Phi) is 3.13. The van der Waals surface area contributed by atoms with Crippen LogP contribution in [-0.4, -0.2) is 25.5 Å². The van der Waals surface area contributed by atoms with Gasteiger partial charge in [-0.3, -0.25) is 4.79 Å². The van der Waals surface area contributed by atoms with Crippen molar-refractivity contribution in [3.05, 3.63) is 0 Å². The zero-order chi connectivity index (χ0) is 12.6. The van der Waals surface area contributed by atoms with Gasteiger partial charge in [-0.2, -0.15) is 0 Å². The molecule has 3 heteroatoms. The predicted molar refractivity (Wildman–Crippen MR) is 72.2 cm³/mol. The van der Waals surface area contributed by atoms with Gasteiger partial charge in [-0.25, -0.2) is 0 Å². The molecule has 18 heavy (non-hydrogen) atoms. The quantitative estimate of drug-likeness (QED) is 0.805. The maximum atomic E-state index is 12.6. The molecule has 2 saturated carbocycles. The minimum atomic E-state index is -0.0711. The third kappa shape index (κ3) is 1.97. The molecule has 3 fully saturated rings. The molecule has 2 aliphatic carbocycles. The number of rotatable bonds is 3. The lowest BCUT2D eigenvalue weighted by atomic mass is 9.67. The summed E-state index contributed by atoms with van der Waals surface area (Å²) in [7, 11) is 0. The highest BCUT2D eigenvalue weighted by atomic mass is 16.2. The van der Waals surface area contributed by atoms with E-state index in [4.69, 9.17) is 0 Å². The first kappa shape index (κ1) is 12.5. The molecule has 1 amide bonds. The fraction of sp³-hybridized carbons (Fsp3) is 0.933.